The Hall–Kier alpha value is -2.64. The Morgan fingerprint density at radius 1 is 1.52 bits per heavy atom. The average Bonchev–Trinajstić information content (AvgIpc) is 2.84. The molecule has 0 aliphatic heterocycles. The van der Waals surface area contributed by atoms with Crippen molar-refractivity contribution in [3.05, 3.63) is 34.4 Å². The molecule has 0 aromatic carbocycles. The highest BCUT2D eigenvalue weighted by molar-refractivity contribution is 6.01. The molecule has 0 saturated carbocycles. The lowest BCUT2D eigenvalue weighted by atomic mass is 10.1. The van der Waals surface area contributed by atoms with Gasteiger partial charge in [-0.2, -0.15) is 5.10 Å². The quantitative estimate of drug-likeness (QED) is 0.712. The number of unbranched alkanes of at least 4 members (excludes halogenated alkanes) is 1. The fourth-order valence-electron chi connectivity index (χ4n) is 2.01. The van der Waals surface area contributed by atoms with Crippen molar-refractivity contribution in [3.63, 3.8) is 0 Å². The minimum absolute atomic E-state index is 0.151. The Kier molecular flexibility index (Phi) is 4.36. The van der Waals surface area contributed by atoms with E-state index in [4.69, 9.17) is 5.11 Å². The van der Waals surface area contributed by atoms with Crippen LogP contribution in [0, 0.1) is 0 Å². The predicted molar refractivity (Wildman–Crippen MR) is 74.2 cm³/mol. The maximum atomic E-state index is 12.2. The molecule has 0 aliphatic rings. The Labute approximate surface area is 119 Å². The van der Waals surface area contributed by atoms with Gasteiger partial charge in [-0.1, -0.05) is 19.8 Å². The number of carbonyl (C=O) groups is 2. The smallest absolute Gasteiger partial charge is 0.347 e. The number of rotatable bonds is 6. The van der Waals surface area contributed by atoms with Crippen LogP contribution in [0.25, 0.3) is 5.65 Å². The number of hydrogen-bond donors (Lipinski definition) is 3. The highest BCUT2D eigenvalue weighted by Gasteiger charge is 2.22. The maximum absolute atomic E-state index is 12.2. The molecule has 112 valence electrons. The first-order valence-corrected chi connectivity index (χ1v) is 6.64. The number of aliphatic carboxylic acids is 1. The van der Waals surface area contributed by atoms with E-state index in [1.54, 1.807) is 0 Å². The van der Waals surface area contributed by atoms with E-state index >= 15 is 0 Å². The van der Waals surface area contributed by atoms with Crippen molar-refractivity contribution in [1.82, 2.24) is 19.9 Å². The zero-order valence-electron chi connectivity index (χ0n) is 11.5. The summed E-state index contributed by atoms with van der Waals surface area (Å²) >= 11 is 0. The number of H-pyrrole nitrogens is 1. The number of aromatic nitrogens is 3. The molecule has 8 nitrogen and oxygen atoms in total. The highest BCUT2D eigenvalue weighted by atomic mass is 16.4. The number of carbonyl (C=O) groups excluding carboxylic acids is 1. The summed E-state index contributed by atoms with van der Waals surface area (Å²) in [4.78, 5) is 34.8. The van der Waals surface area contributed by atoms with Gasteiger partial charge in [0.15, 0.2) is 5.65 Å². The monoisotopic (exact) mass is 292 g/mol. The van der Waals surface area contributed by atoms with Crippen molar-refractivity contribution in [1.29, 1.82) is 0 Å². The highest BCUT2D eigenvalue weighted by Crippen LogP contribution is 2.08. The van der Waals surface area contributed by atoms with E-state index in [0.717, 1.165) is 6.42 Å². The minimum Gasteiger partial charge on any atom is -0.480 e. The van der Waals surface area contributed by atoms with Crippen LogP contribution >= 0.6 is 0 Å². The number of nitrogens with one attached hydrogen (secondary N) is 2. The molecule has 0 radical (unpaired) electrons. The summed E-state index contributed by atoms with van der Waals surface area (Å²) in [5, 5.41) is 17.6. The van der Waals surface area contributed by atoms with Crippen molar-refractivity contribution in [2.24, 2.45) is 0 Å². The topological polar surface area (TPSA) is 117 Å². The molecule has 2 rings (SSSR count). The number of carboxylic acids is 1. The molecule has 8 heteroatoms. The fraction of sp³-hybridized carbons (Fsp3) is 0.385. The van der Waals surface area contributed by atoms with Crippen LogP contribution in [-0.4, -0.2) is 37.6 Å². The van der Waals surface area contributed by atoms with Gasteiger partial charge >= 0.3 is 11.7 Å². The van der Waals surface area contributed by atoms with E-state index in [9.17, 15) is 14.4 Å². The third-order valence-corrected chi connectivity index (χ3v) is 3.14. The number of carboxylic acid groups (broad SMARTS) is 1. The summed E-state index contributed by atoms with van der Waals surface area (Å²) < 4.78 is 1.19. The van der Waals surface area contributed by atoms with Crippen molar-refractivity contribution >= 4 is 17.5 Å². The van der Waals surface area contributed by atoms with Crippen LogP contribution in [0.2, 0.25) is 0 Å². The van der Waals surface area contributed by atoms with Gasteiger partial charge in [-0.25, -0.2) is 19.1 Å². The van der Waals surface area contributed by atoms with Gasteiger partial charge < -0.3 is 10.4 Å². The maximum Gasteiger partial charge on any atom is 0.347 e. The summed E-state index contributed by atoms with van der Waals surface area (Å²) in [6.07, 6.45) is 3.37. The zero-order valence-corrected chi connectivity index (χ0v) is 11.5. The molecule has 2 aromatic rings. The zero-order chi connectivity index (χ0) is 15.4. The third kappa shape index (κ3) is 3.10. The van der Waals surface area contributed by atoms with Crippen molar-refractivity contribution in [2.75, 3.05) is 0 Å². The van der Waals surface area contributed by atoms with Gasteiger partial charge in [0.25, 0.3) is 5.91 Å². The molecule has 3 N–H and O–H groups in total. The van der Waals surface area contributed by atoms with E-state index in [1.807, 2.05) is 6.92 Å². The Balaban J connectivity index is 2.25. The number of aromatic amines is 1. The van der Waals surface area contributed by atoms with E-state index in [2.05, 4.69) is 15.5 Å². The summed E-state index contributed by atoms with van der Waals surface area (Å²) in [5.74, 6) is -1.65. The van der Waals surface area contributed by atoms with Crippen LogP contribution in [0.3, 0.4) is 0 Å². The number of amides is 1. The molecule has 0 spiro atoms. The lowest BCUT2D eigenvalue weighted by Crippen LogP contribution is -2.40. The molecule has 2 aromatic heterocycles. The Bertz CT molecular complexity index is 718. The first kappa shape index (κ1) is 14.8. The second kappa shape index (κ2) is 6.21. The van der Waals surface area contributed by atoms with Crippen LogP contribution in [0.5, 0.6) is 0 Å². The molecule has 0 saturated heterocycles. The van der Waals surface area contributed by atoms with E-state index in [0.29, 0.717) is 12.8 Å². The third-order valence-electron chi connectivity index (χ3n) is 3.14. The number of pyridine rings is 1. The molecule has 1 unspecified atom stereocenters. The molecule has 0 fully saturated rings. The van der Waals surface area contributed by atoms with Crippen LogP contribution in [0.15, 0.2) is 23.1 Å². The Morgan fingerprint density at radius 3 is 2.95 bits per heavy atom. The lowest BCUT2D eigenvalue weighted by Gasteiger charge is -2.14. The van der Waals surface area contributed by atoms with Crippen LogP contribution in [-0.2, 0) is 4.79 Å². The first-order chi connectivity index (χ1) is 10.0. The largest absolute Gasteiger partial charge is 0.480 e. The van der Waals surface area contributed by atoms with Gasteiger partial charge in [0, 0.05) is 6.20 Å². The van der Waals surface area contributed by atoms with Crippen LogP contribution in [0.1, 0.15) is 36.5 Å². The van der Waals surface area contributed by atoms with E-state index < -0.39 is 23.6 Å². The van der Waals surface area contributed by atoms with Gasteiger partial charge in [-0.15, -0.1) is 0 Å². The Morgan fingerprint density at radius 2 is 2.29 bits per heavy atom. The second-order valence-electron chi connectivity index (χ2n) is 4.65. The van der Waals surface area contributed by atoms with Gasteiger partial charge in [-0.3, -0.25) is 4.79 Å². The summed E-state index contributed by atoms with van der Waals surface area (Å²) in [6, 6.07) is 2.06. The molecule has 0 aliphatic carbocycles. The second-order valence-corrected chi connectivity index (χ2v) is 4.65. The van der Waals surface area contributed by atoms with Gasteiger partial charge in [0.2, 0.25) is 0 Å². The van der Waals surface area contributed by atoms with Gasteiger partial charge in [-0.05, 0) is 18.6 Å². The molecule has 0 bridgehead atoms. The SMILES string of the molecule is CCCCC(NC(=O)c1cccn2c(=O)[nH]nc12)C(=O)O. The van der Waals surface area contributed by atoms with E-state index in [-0.39, 0.29) is 11.2 Å². The normalized spacial score (nSPS) is 12.2. The predicted octanol–water partition coefficient (Wildman–Crippen LogP) is 0.396. The molecule has 21 heavy (non-hydrogen) atoms. The standard InChI is InChI=1S/C13H16N4O4/c1-2-3-6-9(12(19)20)14-11(18)8-5-4-7-17-10(8)15-16-13(17)21/h4-5,7,9H,2-3,6H2,1H3,(H,14,18)(H,16,21)(H,19,20). The molecular formula is C13H16N4O4. The summed E-state index contributed by atoms with van der Waals surface area (Å²) in [5.41, 5.74) is -0.140. The fourth-order valence-corrected chi connectivity index (χ4v) is 2.01. The van der Waals surface area contributed by atoms with Gasteiger partial charge in [0.1, 0.15) is 6.04 Å². The minimum atomic E-state index is -1.08. The molecule has 2 heterocycles. The number of hydrogen-bond acceptors (Lipinski definition) is 4. The van der Waals surface area contributed by atoms with E-state index in [1.165, 1.54) is 22.7 Å². The lowest BCUT2D eigenvalue weighted by molar-refractivity contribution is -0.139. The number of nitrogens with zero attached hydrogens (tertiary/aromatic N) is 2. The molecule has 1 atom stereocenters. The van der Waals surface area contributed by atoms with Crippen molar-refractivity contribution < 1.29 is 14.7 Å². The summed E-state index contributed by atoms with van der Waals surface area (Å²) in [6.45, 7) is 1.94. The molecule has 1 amide bonds. The first-order valence-electron chi connectivity index (χ1n) is 6.64. The average molecular weight is 292 g/mol. The summed E-state index contributed by atoms with van der Waals surface area (Å²) in [7, 11) is 0. The number of fused-ring (bicyclic) bond motifs is 1. The molecular weight excluding hydrogens is 276 g/mol. The van der Waals surface area contributed by atoms with Crippen LogP contribution in [0.4, 0.5) is 0 Å². The van der Waals surface area contributed by atoms with Crippen molar-refractivity contribution in [2.45, 2.75) is 32.2 Å². The van der Waals surface area contributed by atoms with Crippen molar-refractivity contribution in [3.8, 4) is 0 Å². The van der Waals surface area contributed by atoms with Gasteiger partial charge in [0.05, 0.1) is 5.56 Å². The van der Waals surface area contributed by atoms with Crippen LogP contribution < -0.4 is 11.0 Å².